The van der Waals surface area contributed by atoms with Crippen LogP contribution in [0.4, 0.5) is 0 Å². The molecule has 1 N–H and O–H groups in total. The lowest BCUT2D eigenvalue weighted by atomic mass is 9.75. The molecule has 1 saturated heterocycles. The fraction of sp³-hybridized carbons (Fsp3) is 1.00. The number of sulfone groups is 1. The lowest BCUT2D eigenvalue weighted by molar-refractivity contribution is 0.0260. The monoisotopic (exact) mass is 317 g/mol. The van der Waals surface area contributed by atoms with Crippen LogP contribution < -0.4 is 5.32 Å². The van der Waals surface area contributed by atoms with E-state index in [-0.39, 0.29) is 5.41 Å². The highest BCUT2D eigenvalue weighted by molar-refractivity contribution is 7.90. The molecule has 2 unspecified atom stereocenters. The van der Waals surface area contributed by atoms with Gasteiger partial charge in [0, 0.05) is 30.6 Å². The van der Waals surface area contributed by atoms with Crippen LogP contribution in [-0.4, -0.2) is 46.2 Å². The van der Waals surface area contributed by atoms with Crippen LogP contribution in [0, 0.1) is 17.3 Å². The summed E-state index contributed by atoms with van der Waals surface area (Å²) in [4.78, 5) is 0. The molecule has 0 amide bonds. The first-order valence-corrected chi connectivity index (χ1v) is 10.4. The van der Waals surface area contributed by atoms with E-state index >= 15 is 0 Å². The van der Waals surface area contributed by atoms with Crippen LogP contribution in [0.1, 0.15) is 46.0 Å². The summed E-state index contributed by atoms with van der Waals surface area (Å²) in [7, 11) is -2.86. The average Bonchev–Trinajstić information content (AvgIpc) is 3.10. The molecular weight excluding hydrogens is 286 g/mol. The second-order valence-corrected chi connectivity index (χ2v) is 9.76. The molecule has 124 valence electrons. The SMILES string of the molecule is CC(C)CNCC1(CCCS(C)(=O)=O)CCOC1C1CC1. The first-order chi connectivity index (χ1) is 9.82. The van der Waals surface area contributed by atoms with Crippen molar-refractivity contribution in [1.29, 1.82) is 0 Å². The Balaban J connectivity index is 1.95. The Hall–Kier alpha value is -0.130. The van der Waals surface area contributed by atoms with E-state index in [4.69, 9.17) is 4.74 Å². The highest BCUT2D eigenvalue weighted by Gasteiger charge is 2.50. The van der Waals surface area contributed by atoms with Crippen molar-refractivity contribution in [3.63, 3.8) is 0 Å². The number of rotatable bonds is 9. The summed E-state index contributed by atoms with van der Waals surface area (Å²) in [5, 5.41) is 3.60. The molecule has 2 fully saturated rings. The van der Waals surface area contributed by atoms with Gasteiger partial charge < -0.3 is 10.1 Å². The van der Waals surface area contributed by atoms with E-state index in [2.05, 4.69) is 19.2 Å². The lowest BCUT2D eigenvalue weighted by Crippen LogP contribution is -2.43. The highest BCUT2D eigenvalue weighted by atomic mass is 32.2. The van der Waals surface area contributed by atoms with E-state index in [0.29, 0.717) is 23.7 Å². The Labute approximate surface area is 129 Å². The van der Waals surface area contributed by atoms with Crippen LogP contribution in [-0.2, 0) is 14.6 Å². The maximum atomic E-state index is 11.4. The van der Waals surface area contributed by atoms with Crippen molar-refractivity contribution in [2.45, 2.75) is 52.1 Å². The summed E-state index contributed by atoms with van der Waals surface area (Å²) >= 11 is 0. The van der Waals surface area contributed by atoms with Crippen molar-refractivity contribution in [3.05, 3.63) is 0 Å². The molecule has 0 radical (unpaired) electrons. The molecule has 0 aromatic heterocycles. The Morgan fingerprint density at radius 1 is 1.33 bits per heavy atom. The largest absolute Gasteiger partial charge is 0.377 e. The van der Waals surface area contributed by atoms with Crippen molar-refractivity contribution in [1.82, 2.24) is 5.32 Å². The van der Waals surface area contributed by atoms with Crippen LogP contribution >= 0.6 is 0 Å². The van der Waals surface area contributed by atoms with Gasteiger partial charge in [0.15, 0.2) is 0 Å². The van der Waals surface area contributed by atoms with E-state index in [1.165, 1.54) is 19.1 Å². The molecule has 1 heterocycles. The van der Waals surface area contributed by atoms with Gasteiger partial charge in [0.25, 0.3) is 0 Å². The molecule has 0 bridgehead atoms. The molecule has 5 heteroatoms. The highest BCUT2D eigenvalue weighted by Crippen LogP contribution is 2.49. The predicted octanol–water partition coefficient (Wildman–Crippen LogP) is 2.24. The van der Waals surface area contributed by atoms with Gasteiger partial charge in [-0.3, -0.25) is 0 Å². The fourth-order valence-corrected chi connectivity index (χ4v) is 4.25. The maximum absolute atomic E-state index is 11.4. The van der Waals surface area contributed by atoms with E-state index in [1.54, 1.807) is 0 Å². The molecule has 1 saturated carbocycles. The molecule has 0 aromatic carbocycles. The first-order valence-electron chi connectivity index (χ1n) is 8.32. The van der Waals surface area contributed by atoms with Crippen LogP contribution in [0.3, 0.4) is 0 Å². The quantitative estimate of drug-likeness (QED) is 0.708. The average molecular weight is 317 g/mol. The molecule has 2 rings (SSSR count). The van der Waals surface area contributed by atoms with Crippen LogP contribution in [0.15, 0.2) is 0 Å². The number of nitrogens with one attached hydrogen (secondary N) is 1. The third-order valence-corrected chi connectivity index (χ3v) is 5.80. The Kier molecular flexibility index (Phi) is 5.71. The second kappa shape index (κ2) is 6.97. The number of hydrogen-bond acceptors (Lipinski definition) is 4. The second-order valence-electron chi connectivity index (χ2n) is 7.50. The summed E-state index contributed by atoms with van der Waals surface area (Å²) in [5.74, 6) is 1.66. The summed E-state index contributed by atoms with van der Waals surface area (Å²) in [6.45, 7) is 7.25. The van der Waals surface area contributed by atoms with Gasteiger partial charge in [0.05, 0.1) is 6.10 Å². The third-order valence-electron chi connectivity index (χ3n) is 4.77. The summed E-state index contributed by atoms with van der Waals surface area (Å²) in [5.41, 5.74) is 0.154. The van der Waals surface area contributed by atoms with Crippen molar-refractivity contribution < 1.29 is 13.2 Å². The van der Waals surface area contributed by atoms with Gasteiger partial charge in [-0.1, -0.05) is 13.8 Å². The maximum Gasteiger partial charge on any atom is 0.147 e. The molecular formula is C16H31NO3S. The van der Waals surface area contributed by atoms with Crippen molar-refractivity contribution in [2.75, 3.05) is 31.7 Å². The van der Waals surface area contributed by atoms with Crippen LogP contribution in [0.2, 0.25) is 0 Å². The number of hydrogen-bond donors (Lipinski definition) is 1. The zero-order chi connectivity index (χ0) is 15.5. The first kappa shape index (κ1) is 17.2. The molecule has 4 nitrogen and oxygen atoms in total. The Morgan fingerprint density at radius 2 is 2.05 bits per heavy atom. The van der Waals surface area contributed by atoms with E-state index < -0.39 is 9.84 Å². The van der Waals surface area contributed by atoms with Crippen molar-refractivity contribution in [3.8, 4) is 0 Å². The van der Waals surface area contributed by atoms with Gasteiger partial charge in [0.2, 0.25) is 0 Å². The molecule has 2 atom stereocenters. The van der Waals surface area contributed by atoms with Gasteiger partial charge in [0.1, 0.15) is 9.84 Å². The predicted molar refractivity (Wildman–Crippen MR) is 86.2 cm³/mol. The van der Waals surface area contributed by atoms with Gasteiger partial charge in [-0.15, -0.1) is 0 Å². The van der Waals surface area contributed by atoms with E-state index in [1.807, 2.05) is 0 Å². The van der Waals surface area contributed by atoms with Gasteiger partial charge in [-0.05, 0) is 50.5 Å². The minimum absolute atomic E-state index is 0.154. The topological polar surface area (TPSA) is 55.4 Å². The molecule has 2 aliphatic rings. The lowest BCUT2D eigenvalue weighted by Gasteiger charge is -2.35. The Morgan fingerprint density at radius 3 is 2.62 bits per heavy atom. The van der Waals surface area contributed by atoms with Crippen molar-refractivity contribution in [2.24, 2.45) is 17.3 Å². The molecule has 0 aromatic rings. The number of ether oxygens (including phenoxy) is 1. The van der Waals surface area contributed by atoms with E-state index in [0.717, 1.165) is 39.0 Å². The smallest absolute Gasteiger partial charge is 0.147 e. The zero-order valence-corrected chi connectivity index (χ0v) is 14.5. The standard InChI is InChI=1S/C16H31NO3S/c1-13(2)11-17-12-16(7-4-10-21(3,18)19)8-9-20-15(16)14-5-6-14/h13-15,17H,4-12H2,1-3H3. The van der Waals surface area contributed by atoms with Crippen LogP contribution in [0.25, 0.3) is 0 Å². The summed E-state index contributed by atoms with van der Waals surface area (Å²) in [6.07, 6.45) is 7.03. The zero-order valence-electron chi connectivity index (χ0n) is 13.7. The van der Waals surface area contributed by atoms with Gasteiger partial charge in [-0.25, -0.2) is 8.42 Å². The molecule has 1 aliphatic carbocycles. The third kappa shape index (κ3) is 5.22. The van der Waals surface area contributed by atoms with Crippen LogP contribution in [0.5, 0.6) is 0 Å². The normalized spacial score (nSPS) is 30.2. The minimum atomic E-state index is -2.86. The molecule has 0 spiro atoms. The van der Waals surface area contributed by atoms with Crippen molar-refractivity contribution >= 4 is 9.84 Å². The minimum Gasteiger partial charge on any atom is -0.377 e. The summed E-state index contributed by atoms with van der Waals surface area (Å²) < 4.78 is 28.8. The fourth-order valence-electron chi connectivity index (χ4n) is 3.58. The van der Waals surface area contributed by atoms with E-state index in [9.17, 15) is 8.42 Å². The molecule has 1 aliphatic heterocycles. The van der Waals surface area contributed by atoms with Gasteiger partial charge in [-0.2, -0.15) is 0 Å². The molecule has 21 heavy (non-hydrogen) atoms. The van der Waals surface area contributed by atoms with Gasteiger partial charge >= 0.3 is 0 Å². The summed E-state index contributed by atoms with van der Waals surface area (Å²) in [6, 6.07) is 0. The Bertz CT molecular complexity index is 431.